The van der Waals surface area contributed by atoms with E-state index in [0.717, 1.165) is 25.7 Å². The van der Waals surface area contributed by atoms with Gasteiger partial charge in [-0.2, -0.15) is 18.2 Å². The molecule has 0 aliphatic heterocycles. The van der Waals surface area contributed by atoms with E-state index in [2.05, 4.69) is 9.76 Å². The molecule has 0 heterocycles. The lowest BCUT2D eigenvalue weighted by Crippen LogP contribution is -2.33. The van der Waals surface area contributed by atoms with Crippen molar-refractivity contribution in [3.63, 3.8) is 0 Å². The van der Waals surface area contributed by atoms with E-state index in [0.29, 0.717) is 0 Å². The first-order valence-electron chi connectivity index (χ1n) is 4.81. The molecule has 4 nitrogen and oxygen atoms in total. The Morgan fingerprint density at radius 1 is 1.31 bits per heavy atom. The van der Waals surface area contributed by atoms with Gasteiger partial charge in [-0.25, -0.2) is 0 Å². The van der Waals surface area contributed by atoms with E-state index in [-0.39, 0.29) is 11.8 Å². The summed E-state index contributed by atoms with van der Waals surface area (Å²) in [6.07, 6.45) is 5.59. The normalized spacial score (nSPS) is 20.4. The zero-order valence-corrected chi connectivity index (χ0v) is 8.77. The third-order valence-electron chi connectivity index (χ3n) is 2.30. The van der Waals surface area contributed by atoms with E-state index < -0.39 is 10.1 Å². The van der Waals surface area contributed by atoms with Gasteiger partial charge in [0.05, 0.1) is 5.75 Å². The molecular weight excluding hydrogens is 190 g/mol. The average Bonchev–Trinajstić information content (AvgIpc) is 2.17. The molecule has 1 N–H and O–H groups in total. The van der Waals surface area contributed by atoms with Gasteiger partial charge in [-0.05, 0) is 19.8 Å². The van der Waals surface area contributed by atoms with Crippen molar-refractivity contribution in [2.24, 2.45) is 0 Å². The fourth-order valence-electron chi connectivity index (χ4n) is 1.42. The highest BCUT2D eigenvalue weighted by Crippen LogP contribution is 2.17. The number of rotatable bonds is 4. The Kier molecular flexibility index (Phi) is 4.15. The Hall–Kier alpha value is -0.130. The summed E-state index contributed by atoms with van der Waals surface area (Å²) in [5, 5.41) is 0. The van der Waals surface area contributed by atoms with Crippen LogP contribution in [0.1, 0.15) is 39.0 Å². The molecular formula is C8H17NO3S. The Morgan fingerprint density at radius 2 is 1.92 bits per heavy atom. The van der Waals surface area contributed by atoms with E-state index >= 15 is 0 Å². The van der Waals surface area contributed by atoms with Gasteiger partial charge in [0.25, 0.3) is 10.1 Å². The molecule has 0 spiro atoms. The summed E-state index contributed by atoms with van der Waals surface area (Å²) in [5.41, 5.74) is 2.62. The SMILES string of the molecule is CCS(=O)(=O)ONC1CCCCC1. The molecule has 78 valence electrons. The third kappa shape index (κ3) is 4.06. The van der Waals surface area contributed by atoms with Crippen LogP contribution in [0.5, 0.6) is 0 Å². The predicted molar refractivity (Wildman–Crippen MR) is 50.6 cm³/mol. The number of hydrogen-bond acceptors (Lipinski definition) is 4. The van der Waals surface area contributed by atoms with E-state index in [1.807, 2.05) is 0 Å². The molecule has 0 saturated heterocycles. The number of hydroxylamine groups is 1. The molecule has 0 radical (unpaired) electrons. The zero-order chi connectivity index (χ0) is 9.73. The first-order chi connectivity index (χ1) is 6.14. The molecule has 0 unspecified atom stereocenters. The molecule has 1 fully saturated rings. The van der Waals surface area contributed by atoms with Gasteiger partial charge in [0.2, 0.25) is 0 Å². The van der Waals surface area contributed by atoms with Crippen LogP contribution < -0.4 is 5.48 Å². The monoisotopic (exact) mass is 207 g/mol. The fourth-order valence-corrected chi connectivity index (χ4v) is 1.82. The number of hydrogen-bond donors (Lipinski definition) is 1. The van der Waals surface area contributed by atoms with E-state index in [1.54, 1.807) is 6.92 Å². The van der Waals surface area contributed by atoms with Gasteiger partial charge in [0.15, 0.2) is 0 Å². The van der Waals surface area contributed by atoms with Crippen LogP contribution in [0.4, 0.5) is 0 Å². The summed E-state index contributed by atoms with van der Waals surface area (Å²) in [7, 11) is -3.33. The molecule has 1 rings (SSSR count). The van der Waals surface area contributed by atoms with Crippen molar-refractivity contribution in [2.45, 2.75) is 45.1 Å². The van der Waals surface area contributed by atoms with Crippen molar-refractivity contribution < 1.29 is 12.7 Å². The highest BCUT2D eigenvalue weighted by atomic mass is 32.2. The topological polar surface area (TPSA) is 55.4 Å². The smallest absolute Gasteiger partial charge is 0.198 e. The van der Waals surface area contributed by atoms with Gasteiger partial charge < -0.3 is 0 Å². The summed E-state index contributed by atoms with van der Waals surface area (Å²) in [6.45, 7) is 1.57. The minimum atomic E-state index is -3.33. The molecule has 1 aliphatic rings. The molecule has 0 atom stereocenters. The predicted octanol–water partition coefficient (Wildman–Crippen LogP) is 1.19. The molecule has 13 heavy (non-hydrogen) atoms. The summed E-state index contributed by atoms with van der Waals surface area (Å²) >= 11 is 0. The molecule has 1 saturated carbocycles. The van der Waals surface area contributed by atoms with Crippen LogP contribution >= 0.6 is 0 Å². The molecule has 0 aromatic rings. The zero-order valence-electron chi connectivity index (χ0n) is 7.95. The van der Waals surface area contributed by atoms with Crippen molar-refractivity contribution in [1.82, 2.24) is 5.48 Å². The van der Waals surface area contributed by atoms with Gasteiger partial charge in [-0.1, -0.05) is 19.3 Å². The van der Waals surface area contributed by atoms with Gasteiger partial charge in [-0.15, -0.1) is 0 Å². The number of nitrogens with one attached hydrogen (secondary N) is 1. The molecule has 1 aliphatic carbocycles. The highest BCUT2D eigenvalue weighted by Gasteiger charge is 2.16. The van der Waals surface area contributed by atoms with Crippen molar-refractivity contribution in [3.8, 4) is 0 Å². The summed E-state index contributed by atoms with van der Waals surface area (Å²) in [6, 6.07) is 0.218. The second kappa shape index (κ2) is 4.93. The lowest BCUT2D eigenvalue weighted by molar-refractivity contribution is 0.141. The van der Waals surface area contributed by atoms with Crippen LogP contribution in [0.2, 0.25) is 0 Å². The maximum atomic E-state index is 11.0. The fraction of sp³-hybridized carbons (Fsp3) is 1.00. The quantitative estimate of drug-likeness (QED) is 0.704. The molecule has 0 amide bonds. The lowest BCUT2D eigenvalue weighted by Gasteiger charge is -2.21. The summed E-state index contributed by atoms with van der Waals surface area (Å²) < 4.78 is 26.6. The van der Waals surface area contributed by atoms with E-state index in [4.69, 9.17) is 0 Å². The highest BCUT2D eigenvalue weighted by molar-refractivity contribution is 7.86. The molecule has 0 aromatic heterocycles. The van der Waals surface area contributed by atoms with Crippen LogP contribution in [0, 0.1) is 0 Å². The van der Waals surface area contributed by atoms with Crippen LogP contribution in [-0.2, 0) is 14.4 Å². The van der Waals surface area contributed by atoms with Crippen LogP contribution in [0.3, 0.4) is 0 Å². The Morgan fingerprint density at radius 3 is 2.46 bits per heavy atom. The van der Waals surface area contributed by atoms with Gasteiger partial charge in [0, 0.05) is 6.04 Å². The molecule has 5 heteroatoms. The Bertz CT molecular complexity index is 232. The van der Waals surface area contributed by atoms with Crippen molar-refractivity contribution in [2.75, 3.05) is 5.75 Å². The minimum Gasteiger partial charge on any atom is -0.198 e. The van der Waals surface area contributed by atoms with E-state index in [1.165, 1.54) is 6.42 Å². The maximum absolute atomic E-state index is 11.0. The molecule has 0 bridgehead atoms. The first kappa shape index (κ1) is 10.9. The van der Waals surface area contributed by atoms with Crippen LogP contribution in [-0.4, -0.2) is 20.2 Å². The van der Waals surface area contributed by atoms with Gasteiger partial charge >= 0.3 is 0 Å². The standard InChI is InChI=1S/C8H17NO3S/c1-2-13(10,11)12-9-8-6-4-3-5-7-8/h8-9H,2-7H2,1H3. The maximum Gasteiger partial charge on any atom is 0.282 e. The second-order valence-corrected chi connectivity index (χ2v) is 5.24. The van der Waals surface area contributed by atoms with Crippen LogP contribution in [0.25, 0.3) is 0 Å². The summed E-state index contributed by atoms with van der Waals surface area (Å²) in [4.78, 5) is 0. The summed E-state index contributed by atoms with van der Waals surface area (Å²) in [5.74, 6) is 0.0206. The Labute approximate surface area is 79.7 Å². The van der Waals surface area contributed by atoms with Crippen molar-refractivity contribution in [3.05, 3.63) is 0 Å². The van der Waals surface area contributed by atoms with Crippen LogP contribution in [0.15, 0.2) is 0 Å². The largest absolute Gasteiger partial charge is 0.282 e. The third-order valence-corrected chi connectivity index (χ3v) is 3.36. The van der Waals surface area contributed by atoms with E-state index in [9.17, 15) is 8.42 Å². The second-order valence-electron chi connectivity index (χ2n) is 3.38. The molecule has 0 aromatic carbocycles. The Balaban J connectivity index is 2.25. The lowest BCUT2D eigenvalue weighted by atomic mass is 9.96. The van der Waals surface area contributed by atoms with Crippen molar-refractivity contribution >= 4 is 10.1 Å². The first-order valence-corrected chi connectivity index (χ1v) is 6.38. The minimum absolute atomic E-state index is 0.0206. The average molecular weight is 207 g/mol. The van der Waals surface area contributed by atoms with Gasteiger partial charge in [-0.3, -0.25) is 0 Å². The van der Waals surface area contributed by atoms with Crippen molar-refractivity contribution in [1.29, 1.82) is 0 Å². The van der Waals surface area contributed by atoms with Gasteiger partial charge in [0.1, 0.15) is 0 Å².